The monoisotopic (exact) mass is 474 g/mol. The summed E-state index contributed by atoms with van der Waals surface area (Å²) in [5, 5.41) is 20.1. The summed E-state index contributed by atoms with van der Waals surface area (Å²) in [5.74, 6) is -2.99. The van der Waals surface area contributed by atoms with Gasteiger partial charge in [-0.1, -0.05) is 0 Å². The van der Waals surface area contributed by atoms with E-state index in [2.05, 4.69) is 15.3 Å². The Hall–Kier alpha value is -3.73. The van der Waals surface area contributed by atoms with E-state index < -0.39 is 12.0 Å². The lowest BCUT2D eigenvalue weighted by atomic mass is 10.00. The first kappa shape index (κ1) is 24.9. The summed E-state index contributed by atoms with van der Waals surface area (Å²) in [5.41, 5.74) is 1.47. The molecule has 180 valence electrons. The van der Waals surface area contributed by atoms with E-state index in [1.807, 2.05) is 0 Å². The number of hydrogen-bond acceptors (Lipinski definition) is 6. The van der Waals surface area contributed by atoms with Gasteiger partial charge in [-0.3, -0.25) is 19.4 Å². The van der Waals surface area contributed by atoms with Crippen LogP contribution in [0.2, 0.25) is 0 Å². The van der Waals surface area contributed by atoms with E-state index in [9.17, 15) is 23.5 Å². The number of carbonyl (C=O) groups excluding carboxylic acids is 1. The van der Waals surface area contributed by atoms with Crippen LogP contribution in [0.5, 0.6) is 0 Å². The molecular weight excluding hydrogens is 450 g/mol. The first-order valence-corrected chi connectivity index (χ1v) is 10.4. The second-order valence-electron chi connectivity index (χ2n) is 8.20. The number of nitrogens with zero attached hydrogens (tertiary/aromatic N) is 3. The average molecular weight is 474 g/mol. The first-order chi connectivity index (χ1) is 16.0. The van der Waals surface area contributed by atoms with Crippen LogP contribution in [0.3, 0.4) is 0 Å². The number of anilines is 1. The number of amides is 1. The normalized spacial score (nSPS) is 14.2. The van der Waals surface area contributed by atoms with Gasteiger partial charge in [-0.2, -0.15) is 0 Å². The van der Waals surface area contributed by atoms with E-state index in [1.54, 1.807) is 32.3 Å². The van der Waals surface area contributed by atoms with Crippen LogP contribution in [0.4, 0.5) is 14.6 Å². The van der Waals surface area contributed by atoms with E-state index in [4.69, 9.17) is 9.90 Å². The topological polar surface area (TPSA) is 134 Å². The molecule has 0 aromatic carbocycles. The molecule has 1 aliphatic carbocycles. The third-order valence-corrected chi connectivity index (χ3v) is 5.49. The van der Waals surface area contributed by atoms with Gasteiger partial charge in [0.05, 0.1) is 11.2 Å². The van der Waals surface area contributed by atoms with Crippen molar-refractivity contribution >= 4 is 29.1 Å². The zero-order chi connectivity index (χ0) is 25.2. The molecule has 3 heterocycles. The summed E-state index contributed by atoms with van der Waals surface area (Å²) in [7, 11) is 1.61. The Balaban J connectivity index is 0.00000103. The number of aliphatic hydroxyl groups excluding tert-OH is 1. The minimum atomic E-state index is -3.33. The predicted octanol–water partition coefficient (Wildman–Crippen LogP) is 3.04. The van der Waals surface area contributed by atoms with Crippen LogP contribution >= 0.6 is 0 Å². The molecule has 0 aliphatic heterocycles. The van der Waals surface area contributed by atoms with Crippen molar-refractivity contribution in [2.24, 2.45) is 13.0 Å². The second kappa shape index (κ2) is 9.64. The van der Waals surface area contributed by atoms with Gasteiger partial charge < -0.3 is 20.1 Å². The molecule has 1 aliphatic rings. The molecule has 0 unspecified atom stereocenters. The molecule has 0 saturated heterocycles. The largest absolute Gasteiger partial charge is 0.483 e. The Kier molecular flexibility index (Phi) is 7.06. The first-order valence-electron chi connectivity index (χ1n) is 10.4. The molecule has 0 spiro atoms. The van der Waals surface area contributed by atoms with Gasteiger partial charge in [0.25, 0.3) is 18.0 Å². The summed E-state index contributed by atoms with van der Waals surface area (Å²) in [6, 6.07) is 4.66. The Morgan fingerprint density at radius 1 is 1.24 bits per heavy atom. The summed E-state index contributed by atoms with van der Waals surface area (Å²) in [4.78, 5) is 41.6. The van der Waals surface area contributed by atoms with Crippen LogP contribution < -0.4 is 10.9 Å². The number of aryl methyl sites for hydroxylation is 2. The molecule has 3 aromatic rings. The van der Waals surface area contributed by atoms with Crippen molar-refractivity contribution in [2.45, 2.75) is 38.7 Å². The SMILES string of the molecule is Cc1cc([C@H](O)C(C)(F)F)ncc1-c1cc2cnc(NC(=O)C3CC3)cc2n(C)c1=O.O=CO. The number of carboxylic acid groups (broad SMARTS) is 1. The van der Waals surface area contributed by atoms with E-state index in [0.717, 1.165) is 12.8 Å². The summed E-state index contributed by atoms with van der Waals surface area (Å²) in [6.07, 6.45) is 2.60. The van der Waals surface area contributed by atoms with Crippen molar-refractivity contribution in [3.8, 4) is 11.1 Å². The summed E-state index contributed by atoms with van der Waals surface area (Å²) in [6.45, 7) is 2.04. The molecule has 3 aromatic heterocycles. The molecule has 4 rings (SSSR count). The Morgan fingerprint density at radius 2 is 1.88 bits per heavy atom. The zero-order valence-electron chi connectivity index (χ0n) is 18.7. The molecule has 0 radical (unpaired) electrons. The average Bonchev–Trinajstić information content (AvgIpc) is 3.62. The van der Waals surface area contributed by atoms with Gasteiger partial charge in [-0.05, 0) is 37.5 Å². The van der Waals surface area contributed by atoms with Gasteiger partial charge >= 0.3 is 0 Å². The molecule has 1 amide bonds. The Morgan fingerprint density at radius 3 is 2.44 bits per heavy atom. The molecule has 1 saturated carbocycles. The molecule has 3 N–H and O–H groups in total. The minimum absolute atomic E-state index is 0.0355. The van der Waals surface area contributed by atoms with Crippen LogP contribution in [0.1, 0.15) is 37.1 Å². The number of fused-ring (bicyclic) bond motifs is 1. The molecule has 1 atom stereocenters. The lowest BCUT2D eigenvalue weighted by Gasteiger charge is -2.18. The van der Waals surface area contributed by atoms with E-state index in [-0.39, 0.29) is 29.6 Å². The maximum atomic E-state index is 13.4. The van der Waals surface area contributed by atoms with Gasteiger partial charge in [0.1, 0.15) is 5.82 Å². The van der Waals surface area contributed by atoms with Crippen molar-refractivity contribution < 1.29 is 28.6 Å². The number of hydrogen-bond donors (Lipinski definition) is 3. The fourth-order valence-electron chi connectivity index (χ4n) is 3.47. The third-order valence-electron chi connectivity index (χ3n) is 5.49. The molecular formula is C23H24F2N4O5. The molecule has 9 nitrogen and oxygen atoms in total. The van der Waals surface area contributed by atoms with Gasteiger partial charge in [0, 0.05) is 54.9 Å². The Labute approximate surface area is 193 Å². The lowest BCUT2D eigenvalue weighted by Crippen LogP contribution is -2.23. The molecule has 34 heavy (non-hydrogen) atoms. The van der Waals surface area contributed by atoms with Crippen LogP contribution in [-0.2, 0) is 16.6 Å². The van der Waals surface area contributed by atoms with Crippen molar-refractivity contribution in [3.63, 3.8) is 0 Å². The fourth-order valence-corrected chi connectivity index (χ4v) is 3.47. The second-order valence-corrected chi connectivity index (χ2v) is 8.20. The van der Waals surface area contributed by atoms with Gasteiger partial charge in [0.15, 0.2) is 6.10 Å². The van der Waals surface area contributed by atoms with Gasteiger partial charge in [0.2, 0.25) is 5.91 Å². The maximum absolute atomic E-state index is 13.4. The number of carbonyl (C=O) groups is 2. The number of aliphatic hydroxyl groups is 1. The highest BCUT2D eigenvalue weighted by molar-refractivity contribution is 5.95. The maximum Gasteiger partial charge on any atom is 0.290 e. The number of aromatic nitrogens is 3. The molecule has 11 heteroatoms. The highest BCUT2D eigenvalue weighted by Gasteiger charge is 2.35. The van der Waals surface area contributed by atoms with Crippen molar-refractivity contribution in [1.82, 2.24) is 14.5 Å². The van der Waals surface area contributed by atoms with Crippen LogP contribution in [0, 0.1) is 12.8 Å². The number of alkyl halides is 2. The quantitative estimate of drug-likeness (QED) is 0.484. The minimum Gasteiger partial charge on any atom is -0.483 e. The standard InChI is InChI=1S/C22H22F2N4O3.CH2O2/c1-11-6-16(19(29)22(2,23)24)25-10-15(11)14-7-13-9-26-18(27-20(30)12-4-5-12)8-17(13)28(3)21(14)31;2-1-3/h6-10,12,19,29H,4-5H2,1-3H3,(H,26,27,30);1H,(H,2,3)/t19-;/m0./s1. The highest BCUT2D eigenvalue weighted by Crippen LogP contribution is 2.32. The highest BCUT2D eigenvalue weighted by atomic mass is 19.3. The third kappa shape index (κ3) is 5.25. The predicted molar refractivity (Wildman–Crippen MR) is 121 cm³/mol. The van der Waals surface area contributed by atoms with Gasteiger partial charge in [-0.15, -0.1) is 0 Å². The van der Waals surface area contributed by atoms with E-state index in [0.29, 0.717) is 40.3 Å². The number of halogens is 2. The van der Waals surface area contributed by atoms with Gasteiger partial charge in [-0.25, -0.2) is 13.8 Å². The van der Waals surface area contributed by atoms with Crippen LogP contribution in [-0.4, -0.2) is 43.1 Å². The number of pyridine rings is 3. The van der Waals surface area contributed by atoms with Crippen molar-refractivity contribution in [3.05, 3.63) is 52.2 Å². The summed E-state index contributed by atoms with van der Waals surface area (Å²) < 4.78 is 28.3. The number of rotatable bonds is 5. The summed E-state index contributed by atoms with van der Waals surface area (Å²) >= 11 is 0. The zero-order valence-corrected chi connectivity index (χ0v) is 18.7. The van der Waals surface area contributed by atoms with Crippen molar-refractivity contribution in [2.75, 3.05) is 5.32 Å². The van der Waals surface area contributed by atoms with Crippen molar-refractivity contribution in [1.29, 1.82) is 0 Å². The fraction of sp³-hybridized carbons (Fsp3) is 0.348. The van der Waals surface area contributed by atoms with Crippen LogP contribution in [0.25, 0.3) is 22.0 Å². The number of nitrogens with one attached hydrogen (secondary N) is 1. The molecule has 0 bridgehead atoms. The lowest BCUT2D eigenvalue weighted by molar-refractivity contribution is -0.123. The Bertz CT molecular complexity index is 1300. The van der Waals surface area contributed by atoms with E-state index in [1.165, 1.54) is 16.8 Å². The smallest absolute Gasteiger partial charge is 0.290 e. The van der Waals surface area contributed by atoms with E-state index >= 15 is 0 Å². The van der Waals surface area contributed by atoms with Crippen LogP contribution in [0.15, 0.2) is 35.4 Å². The molecule has 1 fully saturated rings.